The van der Waals surface area contributed by atoms with Crippen LogP contribution in [0.4, 0.5) is 0 Å². The molecule has 6 nitrogen and oxygen atoms in total. The molecule has 2 rings (SSSR count). The zero-order valence-electron chi connectivity index (χ0n) is 17.1. The van der Waals surface area contributed by atoms with Gasteiger partial charge in [-0.3, -0.25) is 9.79 Å². The van der Waals surface area contributed by atoms with Crippen molar-refractivity contribution in [2.75, 3.05) is 7.05 Å². The molecule has 1 amide bonds. The van der Waals surface area contributed by atoms with Crippen LogP contribution in [0.5, 0.6) is 0 Å². The summed E-state index contributed by atoms with van der Waals surface area (Å²) < 4.78 is 0. The third-order valence-corrected chi connectivity index (χ3v) is 5.38. The molecule has 8 heteroatoms. The molecule has 0 aliphatic rings. The largest absolute Gasteiger partial charge is 0.352 e. The number of guanidine groups is 1. The lowest BCUT2D eigenvalue weighted by atomic mass is 10.1. The summed E-state index contributed by atoms with van der Waals surface area (Å²) in [6, 6.07) is 7.81. The third kappa shape index (κ3) is 7.38. The second-order valence-corrected chi connectivity index (χ2v) is 7.79. The molecule has 0 aliphatic carbocycles. The molecule has 1 unspecified atom stereocenters. The van der Waals surface area contributed by atoms with Gasteiger partial charge in [0.15, 0.2) is 5.96 Å². The fourth-order valence-electron chi connectivity index (χ4n) is 2.49. The van der Waals surface area contributed by atoms with Crippen LogP contribution in [0, 0.1) is 13.8 Å². The van der Waals surface area contributed by atoms with E-state index < -0.39 is 0 Å². The first-order valence-electron chi connectivity index (χ1n) is 9.20. The summed E-state index contributed by atoms with van der Waals surface area (Å²) in [6.45, 7) is 9.43. The van der Waals surface area contributed by atoms with Gasteiger partial charge in [0.25, 0.3) is 5.91 Å². The molecule has 0 saturated heterocycles. The predicted molar refractivity (Wildman–Crippen MR) is 128 cm³/mol. The van der Waals surface area contributed by atoms with E-state index in [1.54, 1.807) is 18.4 Å². The molecule has 1 aromatic carbocycles. The predicted octanol–water partition coefficient (Wildman–Crippen LogP) is 3.77. The van der Waals surface area contributed by atoms with E-state index in [4.69, 9.17) is 0 Å². The number of hydrogen-bond acceptors (Lipinski definition) is 4. The van der Waals surface area contributed by atoms with Crippen LogP contribution < -0.4 is 16.0 Å². The molecular weight excluding hydrogens is 485 g/mol. The van der Waals surface area contributed by atoms with Crippen molar-refractivity contribution in [2.24, 2.45) is 4.99 Å². The van der Waals surface area contributed by atoms with Crippen LogP contribution >= 0.6 is 35.3 Å². The van der Waals surface area contributed by atoms with Gasteiger partial charge in [-0.15, -0.1) is 35.3 Å². The normalized spacial score (nSPS) is 12.1. The molecule has 2 aromatic rings. The maximum absolute atomic E-state index is 12.1. The average Bonchev–Trinajstić information content (AvgIpc) is 2.99. The van der Waals surface area contributed by atoms with Crippen LogP contribution in [0.25, 0.3) is 0 Å². The van der Waals surface area contributed by atoms with Crippen LogP contribution in [-0.4, -0.2) is 29.9 Å². The highest BCUT2D eigenvalue weighted by atomic mass is 127. The molecule has 0 fully saturated rings. The molecule has 3 N–H and O–H groups in total. The SMILES string of the molecule is CCC(C)NC(=O)c1ccc(CNC(=NC)NCc2sc(C)nc2C)cc1.I. The Morgan fingerprint density at radius 2 is 1.82 bits per heavy atom. The lowest BCUT2D eigenvalue weighted by Gasteiger charge is -2.13. The van der Waals surface area contributed by atoms with Crippen LogP contribution in [0.15, 0.2) is 29.3 Å². The number of amides is 1. The first-order valence-corrected chi connectivity index (χ1v) is 10.0. The molecule has 1 atom stereocenters. The maximum Gasteiger partial charge on any atom is 0.251 e. The standard InChI is InChI=1S/C20H29N5OS.HI/c1-6-13(2)24-19(26)17-9-7-16(8-10-17)11-22-20(21-5)23-12-18-14(3)25-15(4)27-18;/h7-10,13H,6,11-12H2,1-5H3,(H,24,26)(H2,21,22,23);1H. The third-order valence-electron chi connectivity index (χ3n) is 4.31. The van der Waals surface area contributed by atoms with Gasteiger partial charge in [-0.25, -0.2) is 4.98 Å². The minimum Gasteiger partial charge on any atom is -0.352 e. The summed E-state index contributed by atoms with van der Waals surface area (Å²) in [5, 5.41) is 10.7. The summed E-state index contributed by atoms with van der Waals surface area (Å²) in [4.78, 5) is 22.0. The highest BCUT2D eigenvalue weighted by Crippen LogP contribution is 2.16. The highest BCUT2D eigenvalue weighted by molar-refractivity contribution is 14.0. The van der Waals surface area contributed by atoms with Gasteiger partial charge >= 0.3 is 0 Å². The Labute approximate surface area is 188 Å². The minimum absolute atomic E-state index is 0. The van der Waals surface area contributed by atoms with E-state index in [0.717, 1.165) is 28.6 Å². The van der Waals surface area contributed by atoms with Crippen molar-refractivity contribution in [1.82, 2.24) is 20.9 Å². The first kappa shape index (κ1) is 24.4. The number of hydrogen-bond donors (Lipinski definition) is 3. The monoisotopic (exact) mass is 515 g/mol. The number of thiazole rings is 1. The molecule has 0 saturated carbocycles. The second kappa shape index (κ2) is 12.0. The summed E-state index contributed by atoms with van der Waals surface area (Å²) in [7, 11) is 1.75. The van der Waals surface area contributed by atoms with Crippen LogP contribution in [0.1, 0.15) is 51.8 Å². The summed E-state index contributed by atoms with van der Waals surface area (Å²) in [6.07, 6.45) is 0.917. The number of aryl methyl sites for hydroxylation is 2. The van der Waals surface area contributed by atoms with Gasteiger partial charge in [-0.05, 0) is 44.9 Å². The first-order chi connectivity index (χ1) is 12.9. The van der Waals surface area contributed by atoms with Crippen LogP contribution in [-0.2, 0) is 13.1 Å². The average molecular weight is 515 g/mol. The molecule has 0 aliphatic heterocycles. The zero-order valence-corrected chi connectivity index (χ0v) is 20.3. The molecule has 0 spiro atoms. The lowest BCUT2D eigenvalue weighted by Crippen LogP contribution is -2.36. The van der Waals surface area contributed by atoms with E-state index in [-0.39, 0.29) is 35.9 Å². The van der Waals surface area contributed by atoms with Gasteiger partial charge in [0.1, 0.15) is 0 Å². The molecule has 28 heavy (non-hydrogen) atoms. The number of aromatic nitrogens is 1. The van der Waals surface area contributed by atoms with Crippen LogP contribution in [0.2, 0.25) is 0 Å². The minimum atomic E-state index is -0.0310. The molecule has 0 radical (unpaired) electrons. The van der Waals surface area contributed by atoms with E-state index in [2.05, 4.69) is 32.9 Å². The van der Waals surface area contributed by atoms with Gasteiger partial charge in [-0.1, -0.05) is 19.1 Å². The zero-order chi connectivity index (χ0) is 19.8. The highest BCUT2D eigenvalue weighted by Gasteiger charge is 2.09. The number of carbonyl (C=O) groups excluding carboxylic acids is 1. The summed E-state index contributed by atoms with van der Waals surface area (Å²) >= 11 is 1.70. The van der Waals surface area contributed by atoms with Gasteiger partial charge in [0.05, 0.1) is 17.2 Å². The van der Waals surface area contributed by atoms with Crippen molar-refractivity contribution < 1.29 is 4.79 Å². The maximum atomic E-state index is 12.1. The van der Waals surface area contributed by atoms with Gasteiger partial charge < -0.3 is 16.0 Å². The Bertz CT molecular complexity index is 788. The Kier molecular flexibility index (Phi) is 10.4. The fourth-order valence-corrected chi connectivity index (χ4v) is 3.37. The molecule has 154 valence electrons. The number of benzene rings is 1. The molecule has 0 bridgehead atoms. The van der Waals surface area contributed by atoms with Crippen molar-refractivity contribution >= 4 is 47.2 Å². The number of nitrogens with zero attached hydrogens (tertiary/aromatic N) is 2. The smallest absolute Gasteiger partial charge is 0.251 e. The Morgan fingerprint density at radius 1 is 1.18 bits per heavy atom. The van der Waals surface area contributed by atoms with E-state index in [1.165, 1.54) is 4.88 Å². The molecule has 1 aromatic heterocycles. The van der Waals surface area contributed by atoms with Crippen molar-refractivity contribution in [2.45, 2.75) is 53.2 Å². The number of nitrogens with one attached hydrogen (secondary N) is 3. The van der Waals surface area contributed by atoms with E-state index in [9.17, 15) is 4.79 Å². The lowest BCUT2D eigenvalue weighted by molar-refractivity contribution is 0.0939. The van der Waals surface area contributed by atoms with Crippen molar-refractivity contribution in [1.29, 1.82) is 0 Å². The van der Waals surface area contributed by atoms with E-state index in [0.29, 0.717) is 18.7 Å². The Hall–Kier alpha value is -1.68. The summed E-state index contributed by atoms with van der Waals surface area (Å²) in [5.74, 6) is 0.704. The van der Waals surface area contributed by atoms with Gasteiger partial charge in [0, 0.05) is 30.1 Å². The second-order valence-electron chi connectivity index (χ2n) is 6.50. The van der Waals surface area contributed by atoms with E-state index >= 15 is 0 Å². The number of carbonyl (C=O) groups is 1. The molecule has 1 heterocycles. The van der Waals surface area contributed by atoms with Crippen molar-refractivity contribution in [3.63, 3.8) is 0 Å². The summed E-state index contributed by atoms with van der Waals surface area (Å²) in [5.41, 5.74) is 2.83. The number of halogens is 1. The van der Waals surface area contributed by atoms with E-state index in [1.807, 2.05) is 45.0 Å². The van der Waals surface area contributed by atoms with Gasteiger partial charge in [-0.2, -0.15) is 0 Å². The topological polar surface area (TPSA) is 78.4 Å². The Balaban J connectivity index is 0.00000392. The van der Waals surface area contributed by atoms with Gasteiger partial charge in [0.2, 0.25) is 0 Å². The quantitative estimate of drug-likeness (QED) is 0.298. The number of rotatable bonds is 7. The molecular formula is C20H30IN5OS. The fraction of sp³-hybridized carbons (Fsp3) is 0.450. The number of aliphatic imine (C=N–C) groups is 1. The van der Waals surface area contributed by atoms with Crippen LogP contribution in [0.3, 0.4) is 0 Å². The Morgan fingerprint density at radius 3 is 2.36 bits per heavy atom. The van der Waals surface area contributed by atoms with Crippen molar-refractivity contribution in [3.05, 3.63) is 51.0 Å². The van der Waals surface area contributed by atoms with Crippen molar-refractivity contribution in [3.8, 4) is 0 Å².